The third-order valence-electron chi connectivity index (χ3n) is 7.35. The van der Waals surface area contributed by atoms with E-state index < -0.39 is 0 Å². The maximum absolute atomic E-state index is 5.73. The Morgan fingerprint density at radius 3 is 1.22 bits per heavy atom. The maximum Gasteiger partial charge on any atom is 0.148 e. The van der Waals surface area contributed by atoms with Crippen LogP contribution in [-0.2, 0) is 0 Å². The smallest absolute Gasteiger partial charge is 0.148 e. The average Bonchev–Trinajstić information content (AvgIpc) is 2.95. The Labute approximate surface area is 354 Å². The lowest BCUT2D eigenvalue weighted by molar-refractivity contribution is 0.358. The first-order chi connectivity index (χ1) is 21.1. The van der Waals surface area contributed by atoms with Crippen LogP contribution in [0, 0.1) is 0 Å². The zero-order chi connectivity index (χ0) is 33.8. The summed E-state index contributed by atoms with van der Waals surface area (Å²) in [5.74, 6) is 1.79. The van der Waals surface area contributed by atoms with E-state index in [9.17, 15) is 0 Å². The summed E-state index contributed by atoms with van der Waals surface area (Å²) >= 11 is 37.6. The molecule has 0 heterocycles. The molecule has 0 radical (unpaired) electrons. The van der Waals surface area contributed by atoms with E-state index in [4.69, 9.17) is 9.47 Å². The molecule has 2 aromatic rings. The van der Waals surface area contributed by atoms with Gasteiger partial charge in [0.25, 0.3) is 0 Å². The Morgan fingerprint density at radius 1 is 0.622 bits per heavy atom. The summed E-state index contributed by atoms with van der Waals surface area (Å²) in [4.78, 5) is 0. The molecule has 0 aliphatic heterocycles. The Hall–Kier alpha value is 2.32. The highest BCUT2D eigenvalue weighted by atomic mass is 79.9. The van der Waals surface area contributed by atoms with Crippen LogP contribution in [0.1, 0.15) is 88.2 Å². The van der Waals surface area contributed by atoms with Gasteiger partial charge in [0, 0.05) is 5.92 Å². The molecule has 2 nitrogen and oxygen atoms in total. The molecule has 2 aromatic carbocycles. The van der Waals surface area contributed by atoms with E-state index in [2.05, 4.69) is 204 Å². The van der Waals surface area contributed by atoms with E-state index in [0.29, 0.717) is 13.2 Å². The third-order valence-corrected chi connectivity index (χ3v) is 20.6. The standard InChI is InChI=1S/C21H20Br4O2.C12H18Br6/c1-4-7-26-20-16(22)9-13(10-17(20)23)15(6-3)14-11-18(24)21(19(25)12-14)27-8-5-2;13-10(14)8-6-4-2-1-3-5-7-9-11(15,16)12(10,17)18/h4-5,9-12,15H,1-2,6-8H2,3H3;1-9H2. The van der Waals surface area contributed by atoms with Crippen molar-refractivity contribution in [2.24, 2.45) is 0 Å². The van der Waals surface area contributed by atoms with Crippen LogP contribution < -0.4 is 9.47 Å². The van der Waals surface area contributed by atoms with Gasteiger partial charge in [0.05, 0.1) is 17.9 Å². The van der Waals surface area contributed by atoms with Crippen molar-refractivity contribution in [3.63, 3.8) is 0 Å². The number of rotatable bonds is 9. The molecule has 0 aromatic heterocycles. The molecule has 0 N–H and O–H groups in total. The summed E-state index contributed by atoms with van der Waals surface area (Å²) in [7, 11) is 0. The van der Waals surface area contributed by atoms with Crippen LogP contribution in [0.25, 0.3) is 0 Å². The topological polar surface area (TPSA) is 18.5 Å². The van der Waals surface area contributed by atoms with Gasteiger partial charge in [-0.15, -0.1) is 0 Å². The molecule has 0 saturated heterocycles. The number of hydrogen-bond donors (Lipinski definition) is 0. The van der Waals surface area contributed by atoms with Crippen molar-refractivity contribution in [3.05, 3.63) is 78.6 Å². The fraction of sp³-hybridized carbons (Fsp3) is 0.515. The van der Waals surface area contributed by atoms with Crippen molar-refractivity contribution < 1.29 is 9.47 Å². The van der Waals surface area contributed by atoms with Crippen LogP contribution in [0.5, 0.6) is 11.5 Å². The molecule has 1 aliphatic rings. The lowest BCUT2D eigenvalue weighted by Gasteiger charge is -2.44. The van der Waals surface area contributed by atoms with E-state index in [1.165, 1.54) is 56.1 Å². The van der Waals surface area contributed by atoms with Crippen LogP contribution in [0.2, 0.25) is 0 Å². The van der Waals surface area contributed by atoms with Crippen molar-refractivity contribution in [2.45, 2.75) is 86.8 Å². The zero-order valence-electron chi connectivity index (χ0n) is 25.0. The van der Waals surface area contributed by atoms with Gasteiger partial charge in [0.1, 0.15) is 34.4 Å². The van der Waals surface area contributed by atoms with Crippen molar-refractivity contribution in [1.82, 2.24) is 0 Å². The number of halogens is 10. The predicted molar refractivity (Wildman–Crippen MR) is 231 cm³/mol. The van der Waals surface area contributed by atoms with Gasteiger partial charge in [-0.3, -0.25) is 0 Å². The molecular weight excluding hydrogens is 1230 g/mol. The monoisotopic (exact) mass is 1260 g/mol. The molecule has 1 aliphatic carbocycles. The Morgan fingerprint density at radius 2 is 0.933 bits per heavy atom. The van der Waals surface area contributed by atoms with Crippen molar-refractivity contribution in [3.8, 4) is 11.5 Å². The van der Waals surface area contributed by atoms with Crippen molar-refractivity contribution in [2.75, 3.05) is 13.2 Å². The summed E-state index contributed by atoms with van der Waals surface area (Å²) in [5.41, 5.74) is 2.39. The van der Waals surface area contributed by atoms with Crippen molar-refractivity contribution >= 4 is 159 Å². The van der Waals surface area contributed by atoms with Gasteiger partial charge >= 0.3 is 0 Å². The summed E-state index contributed by atoms with van der Waals surface area (Å²) in [6.45, 7) is 10.5. The molecule has 0 amide bonds. The highest BCUT2D eigenvalue weighted by molar-refractivity contribution is 9.33. The molecule has 0 spiro atoms. The average molecular weight is 1270 g/mol. The van der Waals surface area contributed by atoms with E-state index >= 15 is 0 Å². The van der Waals surface area contributed by atoms with Crippen LogP contribution >= 0.6 is 159 Å². The van der Waals surface area contributed by atoms with E-state index in [0.717, 1.165) is 48.7 Å². The predicted octanol–water partition coefficient (Wildman–Crippen LogP) is 16.4. The lowest BCUT2D eigenvalue weighted by atomic mass is 9.89. The molecule has 0 unspecified atom stereocenters. The molecule has 45 heavy (non-hydrogen) atoms. The van der Waals surface area contributed by atoms with E-state index in [1.807, 2.05) is 0 Å². The number of ether oxygens (including phenoxy) is 2. The maximum atomic E-state index is 5.73. The largest absolute Gasteiger partial charge is 0.487 e. The second-order valence-electron chi connectivity index (χ2n) is 10.7. The van der Waals surface area contributed by atoms with Crippen molar-refractivity contribution in [1.29, 1.82) is 0 Å². The van der Waals surface area contributed by atoms with Gasteiger partial charge in [0.2, 0.25) is 0 Å². The molecule has 0 atom stereocenters. The van der Waals surface area contributed by atoms with Gasteiger partial charge in [-0.1, -0.05) is 173 Å². The highest BCUT2D eigenvalue weighted by Crippen LogP contribution is 2.63. The normalized spacial score (nSPS) is 18.0. The number of hydrogen-bond acceptors (Lipinski definition) is 2. The summed E-state index contributed by atoms with van der Waals surface area (Å²) < 4.78 is 14.5. The summed E-state index contributed by atoms with van der Waals surface area (Å²) in [6, 6.07) is 8.45. The molecular formula is C33H38Br10O2. The van der Waals surface area contributed by atoms with Gasteiger partial charge in [-0.05, 0) is 118 Å². The molecule has 3 rings (SSSR count). The number of alkyl halides is 6. The Bertz CT molecular complexity index is 1120. The first kappa shape index (κ1) is 43.5. The van der Waals surface area contributed by atoms with Crippen LogP contribution in [0.3, 0.4) is 0 Å². The molecule has 0 bridgehead atoms. The first-order valence-electron chi connectivity index (χ1n) is 14.7. The lowest BCUT2D eigenvalue weighted by Crippen LogP contribution is -2.47. The van der Waals surface area contributed by atoms with Gasteiger partial charge in [-0.25, -0.2) is 0 Å². The molecule has 252 valence electrons. The Balaban J connectivity index is 0.000000341. The Kier molecular flexibility index (Phi) is 20.3. The highest BCUT2D eigenvalue weighted by Gasteiger charge is 2.56. The van der Waals surface area contributed by atoms with E-state index in [-0.39, 0.29) is 15.6 Å². The minimum Gasteiger partial charge on any atom is -0.487 e. The van der Waals surface area contributed by atoms with Gasteiger partial charge in [0.15, 0.2) is 0 Å². The third kappa shape index (κ3) is 12.8. The van der Waals surface area contributed by atoms with Gasteiger partial charge < -0.3 is 9.47 Å². The zero-order valence-corrected chi connectivity index (χ0v) is 40.9. The first-order valence-corrected chi connectivity index (χ1v) is 22.6. The summed E-state index contributed by atoms with van der Waals surface area (Å²) in [6.07, 6.45) is 15.7. The SMILES string of the molecule is BrC1(Br)CCCCCCCCCC(Br)(Br)C1(Br)Br.C=CCOc1c(Br)cc(C(CC)c2cc(Br)c(OCC=C)c(Br)c2)cc1Br. The quantitative estimate of drug-likeness (QED) is 0.184. The second-order valence-corrected chi connectivity index (χ2v) is 25.1. The fourth-order valence-electron chi connectivity index (χ4n) is 4.94. The minimum absolute atomic E-state index is 0.181. The second kappa shape index (κ2) is 21.0. The fourth-order valence-corrected chi connectivity index (χ4v) is 12.2. The minimum atomic E-state index is -0.292. The molecule has 1 saturated carbocycles. The number of benzene rings is 2. The van der Waals surface area contributed by atoms with Crippen LogP contribution in [0.4, 0.5) is 0 Å². The van der Waals surface area contributed by atoms with Crippen LogP contribution in [-0.4, -0.2) is 22.9 Å². The summed E-state index contributed by atoms with van der Waals surface area (Å²) in [5, 5.41) is 0. The molecule has 12 heteroatoms. The van der Waals surface area contributed by atoms with Gasteiger partial charge in [-0.2, -0.15) is 0 Å². The van der Waals surface area contributed by atoms with Crippen LogP contribution in [0.15, 0.2) is 67.5 Å². The van der Waals surface area contributed by atoms with E-state index in [1.54, 1.807) is 12.2 Å². The molecule has 1 fully saturated rings.